The van der Waals surface area contributed by atoms with Gasteiger partial charge in [0.1, 0.15) is 11.6 Å². The SMILES string of the molecule is CCNCc1ccc2nc(CCc3ccco3)[nH]c2c1. The number of nitrogens with zero attached hydrogens (tertiary/aromatic N) is 1. The Morgan fingerprint density at radius 1 is 1.25 bits per heavy atom. The molecule has 0 fully saturated rings. The zero-order valence-electron chi connectivity index (χ0n) is 11.6. The van der Waals surface area contributed by atoms with Crippen molar-refractivity contribution in [3.8, 4) is 0 Å². The molecule has 0 radical (unpaired) electrons. The van der Waals surface area contributed by atoms with Crippen LogP contribution in [-0.4, -0.2) is 16.5 Å². The first-order valence-corrected chi connectivity index (χ1v) is 7.06. The van der Waals surface area contributed by atoms with Gasteiger partial charge in [0.05, 0.1) is 17.3 Å². The quantitative estimate of drug-likeness (QED) is 0.723. The van der Waals surface area contributed by atoms with E-state index in [1.807, 2.05) is 12.1 Å². The summed E-state index contributed by atoms with van der Waals surface area (Å²) in [7, 11) is 0. The van der Waals surface area contributed by atoms with E-state index in [2.05, 4.69) is 40.4 Å². The fourth-order valence-corrected chi connectivity index (χ4v) is 2.30. The zero-order valence-corrected chi connectivity index (χ0v) is 11.6. The predicted octanol–water partition coefficient (Wildman–Crippen LogP) is 3.05. The molecule has 20 heavy (non-hydrogen) atoms. The molecule has 104 valence electrons. The predicted molar refractivity (Wildman–Crippen MR) is 79.6 cm³/mol. The van der Waals surface area contributed by atoms with Gasteiger partial charge in [0.25, 0.3) is 0 Å². The number of aryl methyl sites for hydroxylation is 2. The molecule has 0 aliphatic carbocycles. The van der Waals surface area contributed by atoms with Gasteiger partial charge < -0.3 is 14.7 Å². The molecule has 0 unspecified atom stereocenters. The van der Waals surface area contributed by atoms with Gasteiger partial charge in [0.15, 0.2) is 0 Å². The van der Waals surface area contributed by atoms with E-state index in [-0.39, 0.29) is 0 Å². The molecule has 2 heterocycles. The number of nitrogens with one attached hydrogen (secondary N) is 2. The number of hydrogen-bond acceptors (Lipinski definition) is 3. The summed E-state index contributed by atoms with van der Waals surface area (Å²) in [6.45, 7) is 3.99. The molecule has 1 aromatic carbocycles. The third-order valence-corrected chi connectivity index (χ3v) is 3.36. The molecular weight excluding hydrogens is 250 g/mol. The Balaban J connectivity index is 1.72. The average Bonchev–Trinajstić information content (AvgIpc) is 3.11. The molecule has 3 aromatic rings. The number of furan rings is 1. The summed E-state index contributed by atoms with van der Waals surface area (Å²) in [5, 5.41) is 3.33. The van der Waals surface area contributed by atoms with Gasteiger partial charge in [-0.3, -0.25) is 0 Å². The lowest BCUT2D eigenvalue weighted by Crippen LogP contribution is -2.11. The first kappa shape index (κ1) is 12.9. The van der Waals surface area contributed by atoms with Crippen LogP contribution in [0.15, 0.2) is 41.0 Å². The van der Waals surface area contributed by atoms with Crippen LogP contribution in [-0.2, 0) is 19.4 Å². The summed E-state index contributed by atoms with van der Waals surface area (Å²) in [5.74, 6) is 2.01. The third-order valence-electron chi connectivity index (χ3n) is 3.36. The molecule has 0 spiro atoms. The molecule has 0 bridgehead atoms. The van der Waals surface area contributed by atoms with E-state index in [4.69, 9.17) is 4.42 Å². The number of aromatic amines is 1. The lowest BCUT2D eigenvalue weighted by molar-refractivity contribution is 0.507. The van der Waals surface area contributed by atoms with Crippen molar-refractivity contribution in [3.63, 3.8) is 0 Å². The molecule has 0 atom stereocenters. The number of benzene rings is 1. The van der Waals surface area contributed by atoms with E-state index in [0.29, 0.717) is 0 Å². The van der Waals surface area contributed by atoms with Gasteiger partial charge >= 0.3 is 0 Å². The van der Waals surface area contributed by atoms with Gasteiger partial charge in [-0.2, -0.15) is 0 Å². The number of hydrogen-bond donors (Lipinski definition) is 2. The molecule has 4 nitrogen and oxygen atoms in total. The van der Waals surface area contributed by atoms with Crippen LogP contribution in [0.4, 0.5) is 0 Å². The second-order valence-electron chi connectivity index (χ2n) is 4.89. The summed E-state index contributed by atoms with van der Waals surface area (Å²) in [6.07, 6.45) is 3.45. The topological polar surface area (TPSA) is 53.9 Å². The Labute approximate surface area is 118 Å². The summed E-state index contributed by atoms with van der Waals surface area (Å²) in [6, 6.07) is 10.3. The Morgan fingerprint density at radius 3 is 3.00 bits per heavy atom. The molecule has 0 saturated carbocycles. The second kappa shape index (κ2) is 5.92. The summed E-state index contributed by atoms with van der Waals surface area (Å²) in [4.78, 5) is 8.01. The smallest absolute Gasteiger partial charge is 0.107 e. The summed E-state index contributed by atoms with van der Waals surface area (Å²) >= 11 is 0. The van der Waals surface area contributed by atoms with Crippen LogP contribution in [0.5, 0.6) is 0 Å². The molecule has 0 aliphatic rings. The van der Waals surface area contributed by atoms with Crippen molar-refractivity contribution in [2.75, 3.05) is 6.54 Å². The number of aromatic nitrogens is 2. The van der Waals surface area contributed by atoms with Crippen molar-refractivity contribution < 1.29 is 4.42 Å². The zero-order chi connectivity index (χ0) is 13.8. The molecule has 0 amide bonds. The minimum Gasteiger partial charge on any atom is -0.469 e. The van der Waals surface area contributed by atoms with Gasteiger partial charge in [-0.1, -0.05) is 13.0 Å². The first-order chi connectivity index (χ1) is 9.85. The number of fused-ring (bicyclic) bond motifs is 1. The molecule has 4 heteroatoms. The Morgan fingerprint density at radius 2 is 2.20 bits per heavy atom. The Kier molecular flexibility index (Phi) is 3.83. The maximum Gasteiger partial charge on any atom is 0.107 e. The highest BCUT2D eigenvalue weighted by molar-refractivity contribution is 5.75. The van der Waals surface area contributed by atoms with E-state index in [1.165, 1.54) is 5.56 Å². The average molecular weight is 269 g/mol. The van der Waals surface area contributed by atoms with Crippen LogP contribution in [0, 0.1) is 0 Å². The van der Waals surface area contributed by atoms with Gasteiger partial charge in [-0.15, -0.1) is 0 Å². The number of H-pyrrole nitrogens is 1. The fourth-order valence-electron chi connectivity index (χ4n) is 2.30. The first-order valence-electron chi connectivity index (χ1n) is 7.06. The van der Waals surface area contributed by atoms with Crippen LogP contribution in [0.25, 0.3) is 11.0 Å². The van der Waals surface area contributed by atoms with Crippen LogP contribution >= 0.6 is 0 Å². The lowest BCUT2D eigenvalue weighted by Gasteiger charge is -2.00. The van der Waals surface area contributed by atoms with Crippen molar-refractivity contribution >= 4 is 11.0 Å². The second-order valence-corrected chi connectivity index (χ2v) is 4.89. The van der Waals surface area contributed by atoms with Crippen LogP contribution in [0.2, 0.25) is 0 Å². The maximum absolute atomic E-state index is 5.34. The largest absolute Gasteiger partial charge is 0.469 e. The summed E-state index contributed by atoms with van der Waals surface area (Å²) in [5.41, 5.74) is 3.41. The van der Waals surface area contributed by atoms with Gasteiger partial charge in [0.2, 0.25) is 0 Å². The number of imidazole rings is 1. The highest BCUT2D eigenvalue weighted by atomic mass is 16.3. The van der Waals surface area contributed by atoms with Crippen LogP contribution < -0.4 is 5.32 Å². The number of rotatable bonds is 6. The van der Waals surface area contributed by atoms with E-state index in [1.54, 1.807) is 6.26 Å². The Bertz CT molecular complexity index is 670. The van der Waals surface area contributed by atoms with E-state index >= 15 is 0 Å². The highest BCUT2D eigenvalue weighted by Gasteiger charge is 2.05. The maximum atomic E-state index is 5.34. The van der Waals surface area contributed by atoms with Gasteiger partial charge in [0, 0.05) is 19.4 Å². The standard InChI is InChI=1S/C16H19N3O/c1-2-17-11-12-5-7-14-15(10-12)19-16(18-14)8-6-13-4-3-9-20-13/h3-5,7,9-10,17H,2,6,8,11H2,1H3,(H,18,19). The third kappa shape index (κ3) is 2.91. The van der Waals surface area contributed by atoms with Gasteiger partial charge in [-0.25, -0.2) is 4.98 Å². The van der Waals surface area contributed by atoms with Crippen molar-refractivity contribution in [3.05, 3.63) is 53.7 Å². The lowest BCUT2D eigenvalue weighted by atomic mass is 10.2. The Hall–Kier alpha value is -2.07. The molecule has 3 rings (SSSR count). The van der Waals surface area contributed by atoms with Crippen molar-refractivity contribution in [1.29, 1.82) is 0 Å². The summed E-state index contributed by atoms with van der Waals surface area (Å²) < 4.78 is 5.34. The fraction of sp³-hybridized carbons (Fsp3) is 0.312. The van der Waals surface area contributed by atoms with E-state index in [9.17, 15) is 0 Å². The van der Waals surface area contributed by atoms with E-state index in [0.717, 1.165) is 48.5 Å². The van der Waals surface area contributed by atoms with Gasteiger partial charge in [-0.05, 0) is 36.4 Å². The van der Waals surface area contributed by atoms with Crippen LogP contribution in [0.3, 0.4) is 0 Å². The minimum absolute atomic E-state index is 0.866. The molecule has 2 N–H and O–H groups in total. The minimum atomic E-state index is 0.866. The van der Waals surface area contributed by atoms with Crippen molar-refractivity contribution in [2.24, 2.45) is 0 Å². The van der Waals surface area contributed by atoms with Crippen molar-refractivity contribution in [2.45, 2.75) is 26.3 Å². The van der Waals surface area contributed by atoms with Crippen LogP contribution in [0.1, 0.15) is 24.1 Å². The monoisotopic (exact) mass is 269 g/mol. The van der Waals surface area contributed by atoms with Crippen molar-refractivity contribution in [1.82, 2.24) is 15.3 Å². The normalized spacial score (nSPS) is 11.2. The molecule has 2 aromatic heterocycles. The molecular formula is C16H19N3O. The van der Waals surface area contributed by atoms with E-state index < -0.39 is 0 Å². The molecule has 0 saturated heterocycles. The molecule has 0 aliphatic heterocycles. The highest BCUT2D eigenvalue weighted by Crippen LogP contribution is 2.15.